The molecule has 1 aromatic carbocycles. The molecule has 1 atom stereocenters. The van der Waals surface area contributed by atoms with E-state index < -0.39 is 6.10 Å². The SMILES string of the molecule is CNCCC(O)c1cccc(N)c1. The molecular weight excluding hydrogens is 164 g/mol. The molecule has 0 saturated carbocycles. The van der Waals surface area contributed by atoms with Gasteiger partial charge in [-0.2, -0.15) is 0 Å². The Hall–Kier alpha value is -1.06. The Balaban J connectivity index is 2.60. The fraction of sp³-hybridized carbons (Fsp3) is 0.400. The van der Waals surface area contributed by atoms with Crippen LogP contribution >= 0.6 is 0 Å². The lowest BCUT2D eigenvalue weighted by atomic mass is 10.1. The molecule has 0 aliphatic rings. The summed E-state index contributed by atoms with van der Waals surface area (Å²) in [6.45, 7) is 0.802. The molecule has 0 spiro atoms. The van der Waals surface area contributed by atoms with Gasteiger partial charge in [0.15, 0.2) is 0 Å². The van der Waals surface area contributed by atoms with Crippen LogP contribution in [0.4, 0.5) is 5.69 Å². The first-order chi connectivity index (χ1) is 6.24. The van der Waals surface area contributed by atoms with Crippen LogP contribution in [0.15, 0.2) is 24.3 Å². The van der Waals surface area contributed by atoms with Gasteiger partial charge < -0.3 is 16.2 Å². The standard InChI is InChI=1S/C10H16N2O/c1-12-6-5-10(13)8-3-2-4-9(11)7-8/h2-4,7,10,12-13H,5-6,11H2,1H3. The summed E-state index contributed by atoms with van der Waals surface area (Å²) in [5.74, 6) is 0. The maximum atomic E-state index is 9.68. The van der Waals surface area contributed by atoms with Crippen molar-refractivity contribution in [1.29, 1.82) is 0 Å². The van der Waals surface area contributed by atoms with Crippen LogP contribution in [0.25, 0.3) is 0 Å². The first-order valence-electron chi connectivity index (χ1n) is 4.42. The Morgan fingerprint density at radius 2 is 2.31 bits per heavy atom. The molecule has 0 aliphatic carbocycles. The lowest BCUT2D eigenvalue weighted by molar-refractivity contribution is 0.168. The van der Waals surface area contributed by atoms with Gasteiger partial charge in [0.1, 0.15) is 0 Å². The molecule has 0 heterocycles. The van der Waals surface area contributed by atoms with Crippen LogP contribution in [0.1, 0.15) is 18.1 Å². The number of aliphatic hydroxyl groups excluding tert-OH is 1. The summed E-state index contributed by atoms with van der Waals surface area (Å²) < 4.78 is 0. The Morgan fingerprint density at radius 3 is 2.92 bits per heavy atom. The molecule has 72 valence electrons. The van der Waals surface area contributed by atoms with Crippen LogP contribution in [0.2, 0.25) is 0 Å². The van der Waals surface area contributed by atoms with E-state index in [1.807, 2.05) is 25.2 Å². The zero-order chi connectivity index (χ0) is 9.68. The van der Waals surface area contributed by atoms with Gasteiger partial charge in [0.2, 0.25) is 0 Å². The molecule has 0 saturated heterocycles. The van der Waals surface area contributed by atoms with Crippen LogP contribution in [0, 0.1) is 0 Å². The minimum Gasteiger partial charge on any atom is -0.399 e. The smallest absolute Gasteiger partial charge is 0.0802 e. The monoisotopic (exact) mass is 180 g/mol. The van der Waals surface area contributed by atoms with Crippen molar-refractivity contribution in [2.45, 2.75) is 12.5 Å². The van der Waals surface area contributed by atoms with Gasteiger partial charge >= 0.3 is 0 Å². The lowest BCUT2D eigenvalue weighted by Crippen LogP contribution is -2.12. The van der Waals surface area contributed by atoms with Gasteiger partial charge in [-0.25, -0.2) is 0 Å². The van der Waals surface area contributed by atoms with Gasteiger partial charge in [-0.05, 0) is 37.7 Å². The summed E-state index contributed by atoms with van der Waals surface area (Å²) in [7, 11) is 1.87. The third-order valence-corrected chi connectivity index (χ3v) is 1.96. The highest BCUT2D eigenvalue weighted by atomic mass is 16.3. The number of nitrogens with one attached hydrogen (secondary N) is 1. The molecule has 0 aromatic heterocycles. The molecule has 1 rings (SSSR count). The number of nitrogens with two attached hydrogens (primary N) is 1. The molecule has 0 radical (unpaired) electrons. The minimum atomic E-state index is -0.420. The predicted octanol–water partition coefficient (Wildman–Crippen LogP) is 0.912. The Morgan fingerprint density at radius 1 is 1.54 bits per heavy atom. The highest BCUT2D eigenvalue weighted by Gasteiger charge is 2.05. The number of anilines is 1. The van der Waals surface area contributed by atoms with E-state index in [9.17, 15) is 5.11 Å². The number of nitrogen functional groups attached to an aromatic ring is 1. The molecule has 1 aromatic rings. The molecule has 4 N–H and O–H groups in total. The van der Waals surface area contributed by atoms with Crippen molar-refractivity contribution in [1.82, 2.24) is 5.32 Å². The summed E-state index contributed by atoms with van der Waals surface area (Å²) in [4.78, 5) is 0. The number of hydrogen-bond donors (Lipinski definition) is 3. The normalized spacial score (nSPS) is 12.8. The van der Waals surface area contributed by atoms with Crippen molar-refractivity contribution >= 4 is 5.69 Å². The fourth-order valence-electron chi connectivity index (χ4n) is 1.21. The van der Waals surface area contributed by atoms with E-state index in [-0.39, 0.29) is 0 Å². The molecule has 3 heteroatoms. The number of rotatable bonds is 4. The summed E-state index contributed by atoms with van der Waals surface area (Å²) in [6, 6.07) is 7.36. The second kappa shape index (κ2) is 4.84. The van der Waals surface area contributed by atoms with Crippen molar-refractivity contribution in [2.75, 3.05) is 19.3 Å². The zero-order valence-electron chi connectivity index (χ0n) is 7.83. The van der Waals surface area contributed by atoms with E-state index in [2.05, 4.69) is 5.32 Å². The van der Waals surface area contributed by atoms with Crippen LogP contribution < -0.4 is 11.1 Å². The summed E-state index contributed by atoms with van der Waals surface area (Å²) in [5.41, 5.74) is 7.18. The van der Waals surface area contributed by atoms with Crippen molar-refractivity contribution < 1.29 is 5.11 Å². The maximum Gasteiger partial charge on any atom is 0.0802 e. The van der Waals surface area contributed by atoms with Crippen LogP contribution in [0.5, 0.6) is 0 Å². The Labute approximate surface area is 78.6 Å². The van der Waals surface area contributed by atoms with Gasteiger partial charge in [-0.15, -0.1) is 0 Å². The number of benzene rings is 1. The highest BCUT2D eigenvalue weighted by molar-refractivity contribution is 5.41. The lowest BCUT2D eigenvalue weighted by Gasteiger charge is -2.10. The third kappa shape index (κ3) is 3.05. The van der Waals surface area contributed by atoms with Crippen molar-refractivity contribution in [2.24, 2.45) is 0 Å². The van der Waals surface area contributed by atoms with Gasteiger partial charge in [0.25, 0.3) is 0 Å². The maximum absolute atomic E-state index is 9.68. The molecule has 3 nitrogen and oxygen atoms in total. The fourth-order valence-corrected chi connectivity index (χ4v) is 1.21. The van der Waals surface area contributed by atoms with Crippen molar-refractivity contribution in [3.63, 3.8) is 0 Å². The van der Waals surface area contributed by atoms with Gasteiger partial charge in [-0.1, -0.05) is 12.1 Å². The second-order valence-corrected chi connectivity index (χ2v) is 3.08. The Bertz CT molecular complexity index is 263. The number of aliphatic hydroxyl groups is 1. The van der Waals surface area contributed by atoms with E-state index >= 15 is 0 Å². The molecule has 1 unspecified atom stereocenters. The summed E-state index contributed by atoms with van der Waals surface area (Å²) >= 11 is 0. The van der Waals surface area contributed by atoms with Crippen LogP contribution in [0.3, 0.4) is 0 Å². The van der Waals surface area contributed by atoms with E-state index in [1.165, 1.54) is 0 Å². The van der Waals surface area contributed by atoms with Crippen LogP contribution in [-0.2, 0) is 0 Å². The van der Waals surface area contributed by atoms with Gasteiger partial charge in [0, 0.05) is 5.69 Å². The third-order valence-electron chi connectivity index (χ3n) is 1.96. The van der Waals surface area contributed by atoms with Crippen molar-refractivity contribution in [3.05, 3.63) is 29.8 Å². The molecule has 0 amide bonds. The molecule has 13 heavy (non-hydrogen) atoms. The van der Waals surface area contributed by atoms with E-state index in [0.717, 1.165) is 12.1 Å². The molecule has 0 fully saturated rings. The minimum absolute atomic E-state index is 0.420. The summed E-state index contributed by atoms with van der Waals surface area (Å²) in [5, 5.41) is 12.7. The summed E-state index contributed by atoms with van der Waals surface area (Å²) in [6.07, 6.45) is 0.288. The number of hydrogen-bond acceptors (Lipinski definition) is 3. The van der Waals surface area contributed by atoms with E-state index in [1.54, 1.807) is 6.07 Å². The van der Waals surface area contributed by atoms with E-state index in [4.69, 9.17) is 5.73 Å². The molecular formula is C10H16N2O. The van der Waals surface area contributed by atoms with Crippen molar-refractivity contribution in [3.8, 4) is 0 Å². The van der Waals surface area contributed by atoms with E-state index in [0.29, 0.717) is 12.1 Å². The quantitative estimate of drug-likeness (QED) is 0.604. The van der Waals surface area contributed by atoms with Gasteiger partial charge in [0.05, 0.1) is 6.10 Å². The molecule has 0 bridgehead atoms. The zero-order valence-corrected chi connectivity index (χ0v) is 7.83. The second-order valence-electron chi connectivity index (χ2n) is 3.08. The molecule has 0 aliphatic heterocycles. The topological polar surface area (TPSA) is 58.3 Å². The highest BCUT2D eigenvalue weighted by Crippen LogP contribution is 2.17. The first-order valence-corrected chi connectivity index (χ1v) is 4.42. The predicted molar refractivity (Wildman–Crippen MR) is 54.4 cm³/mol. The average Bonchev–Trinajstić information content (AvgIpc) is 2.14. The van der Waals surface area contributed by atoms with Gasteiger partial charge in [-0.3, -0.25) is 0 Å². The average molecular weight is 180 g/mol. The Kier molecular flexibility index (Phi) is 3.73. The largest absolute Gasteiger partial charge is 0.399 e. The first kappa shape index (κ1) is 10.0. The van der Waals surface area contributed by atoms with Crippen LogP contribution in [-0.4, -0.2) is 18.7 Å².